The fourth-order valence-corrected chi connectivity index (χ4v) is 0. The molecule has 6 heteroatoms. The van der Waals surface area contributed by atoms with Crippen LogP contribution in [0.2, 0.25) is 0 Å². The smallest absolute Gasteiger partial charge is 1.00 e. The van der Waals surface area contributed by atoms with Gasteiger partial charge in [0.1, 0.15) is 0 Å². The van der Waals surface area contributed by atoms with E-state index in [1.165, 1.54) is 0 Å². The van der Waals surface area contributed by atoms with Gasteiger partial charge in [-0.05, 0) is 0 Å². The molecule has 0 aromatic heterocycles. The molecule has 0 N–H and O–H groups in total. The van der Waals surface area contributed by atoms with Crippen LogP contribution in [0.15, 0.2) is 0 Å². The molecule has 0 amide bonds. The van der Waals surface area contributed by atoms with Crippen molar-refractivity contribution in [2.45, 2.75) is 0 Å². The zero-order valence-electron chi connectivity index (χ0n) is 6.74. The maximum Gasteiger partial charge on any atom is 2.00 e. The van der Waals surface area contributed by atoms with E-state index in [2.05, 4.69) is 23.5 Å². The normalized spacial score (nSPS) is 1.00. The molecule has 0 saturated heterocycles. The molecule has 0 aromatic carbocycles. The molecule has 0 aromatic rings. The first kappa shape index (κ1) is 31.3. The van der Waals surface area contributed by atoms with Gasteiger partial charge in [-0.2, -0.15) is 0 Å². The molecule has 0 fully saturated rings. The largest absolute Gasteiger partial charge is 2.00 e. The second-order valence-electron chi connectivity index (χ2n) is 0. The van der Waals surface area contributed by atoms with E-state index in [0.29, 0.717) is 0 Å². The van der Waals surface area contributed by atoms with Gasteiger partial charge >= 0.3 is 97.9 Å². The van der Waals surface area contributed by atoms with Crippen LogP contribution in [0.1, 0.15) is 4.28 Å². The Balaban J connectivity index is -0.000000000238. The summed E-state index contributed by atoms with van der Waals surface area (Å²) in [6.07, 6.45) is 0. The molecule has 0 saturated carbocycles. The first-order valence-electron chi connectivity index (χ1n) is 0.258. The van der Waals surface area contributed by atoms with E-state index in [1.807, 2.05) is 0 Å². The summed E-state index contributed by atoms with van der Waals surface area (Å²) in [6.45, 7) is 0. The Kier molecular flexibility index (Phi) is 177. The minimum Gasteiger partial charge on any atom is -1.00 e. The molecule has 0 nitrogen and oxygen atoms in total. The third-order valence-electron chi connectivity index (χ3n) is 0. The van der Waals surface area contributed by atoms with Crippen molar-refractivity contribution in [3.63, 3.8) is 0 Å². The molecule has 1 unspecified atom stereocenters. The summed E-state index contributed by atoms with van der Waals surface area (Å²) in [4.78, 5) is 0. The van der Waals surface area contributed by atoms with Gasteiger partial charge in [0, 0.05) is 36.5 Å². The topological polar surface area (TPSA) is 0 Å². The minimum absolute atomic E-state index is 0. The zero-order valence-corrected chi connectivity index (χ0v) is 15.2. The van der Waals surface area contributed by atoms with Gasteiger partial charge in [-0.15, -0.1) is 0 Å². The predicted molar refractivity (Wildman–Crippen MR) is 25.9 cm³/mol. The Morgan fingerprint density at radius 3 is 1.33 bits per heavy atom. The average molecular weight is 308 g/mol. The first-order valence-corrected chi connectivity index (χ1v) is 4.02. The summed E-state index contributed by atoms with van der Waals surface area (Å²) in [5.74, 6) is 0. The van der Waals surface area contributed by atoms with Gasteiger partial charge in [-0.25, -0.2) is 0 Å². The molecule has 33 valence electrons. The summed E-state index contributed by atoms with van der Waals surface area (Å²) in [7, 11) is 2.35. The molecule has 1 atom stereocenters. The molecule has 1 radical (unpaired) electrons. The molecule has 6 heavy (non-hydrogen) atoms. The van der Waals surface area contributed by atoms with Crippen molar-refractivity contribution >= 4 is 46.6 Å². The molecule has 0 bridgehead atoms. The Bertz CT molecular complexity index is 23.8. The number of rotatable bonds is 0. The molecule has 0 heterocycles. The second kappa shape index (κ2) is 33.9. The summed E-state index contributed by atoms with van der Waals surface area (Å²) in [5.41, 5.74) is 0. The van der Waals surface area contributed by atoms with Crippen LogP contribution in [0, 0.1) is 0 Å². The molecular formula is H6CuKMgPSeZn. The van der Waals surface area contributed by atoms with E-state index in [9.17, 15) is 0 Å². The first-order chi connectivity index (χ1) is 1.00. The van der Waals surface area contributed by atoms with Crippen LogP contribution in [0.25, 0.3) is 0 Å². The van der Waals surface area contributed by atoms with Crippen LogP contribution >= 0.6 is 7.93 Å². The van der Waals surface area contributed by atoms with Gasteiger partial charge < -0.3 is 4.28 Å². The van der Waals surface area contributed by atoms with Crippen LogP contribution in [-0.4, -0.2) is 38.6 Å². The van der Waals surface area contributed by atoms with Crippen molar-refractivity contribution in [3.8, 4) is 0 Å². The van der Waals surface area contributed by atoms with Crippen molar-refractivity contribution in [2.24, 2.45) is 0 Å². The van der Waals surface area contributed by atoms with Crippen molar-refractivity contribution in [3.05, 3.63) is 0 Å². The maximum absolute atomic E-state index is 2.35. The van der Waals surface area contributed by atoms with Gasteiger partial charge in [0.2, 0.25) is 0 Å². The number of hydrogen-bond donors (Lipinski definition) is 0. The SMILES string of the molecule is P[SeH].[Cu].[H-].[H-].[H-].[K+].[Mg+2].[Zn]. The predicted octanol–water partition coefficient (Wildman–Crippen LogP) is -3.37. The Morgan fingerprint density at radius 2 is 1.33 bits per heavy atom. The van der Waals surface area contributed by atoms with E-state index >= 15 is 0 Å². The summed E-state index contributed by atoms with van der Waals surface area (Å²) in [6, 6.07) is 0. The third kappa shape index (κ3) is 23.6. The van der Waals surface area contributed by atoms with Gasteiger partial charge in [-0.1, -0.05) is 0 Å². The molecular weight excluding hydrogens is 302 g/mol. The van der Waals surface area contributed by atoms with Crippen LogP contribution in [0.5, 0.6) is 0 Å². The van der Waals surface area contributed by atoms with Crippen LogP contribution < -0.4 is 51.4 Å². The molecule has 0 aliphatic rings. The van der Waals surface area contributed by atoms with Crippen molar-refractivity contribution in [1.29, 1.82) is 0 Å². The standard InChI is InChI=1S/Cu.K.Mg.H3PSe.Zn.3H/c;;;1-2;;;;/h;;;2H,1H2;;;;/q;+1;+2;;;3*-1. The average Bonchev–Trinajstić information content (AvgIpc) is 1.00. The van der Waals surface area contributed by atoms with Crippen molar-refractivity contribution in [2.75, 3.05) is 0 Å². The van der Waals surface area contributed by atoms with Crippen molar-refractivity contribution < 1.29 is 92.2 Å². The van der Waals surface area contributed by atoms with E-state index in [0.717, 1.165) is 0 Å². The van der Waals surface area contributed by atoms with Gasteiger partial charge in [-0.3, -0.25) is 0 Å². The summed E-state index contributed by atoms with van der Waals surface area (Å²) < 4.78 is 0. The van der Waals surface area contributed by atoms with E-state index in [-0.39, 0.29) is 115 Å². The van der Waals surface area contributed by atoms with Crippen LogP contribution in [0.4, 0.5) is 0 Å². The van der Waals surface area contributed by atoms with Crippen LogP contribution in [-0.2, 0) is 36.5 Å². The Hall–Kier alpha value is 4.49. The molecule has 0 spiro atoms. The van der Waals surface area contributed by atoms with Gasteiger partial charge in [0.05, 0.1) is 0 Å². The van der Waals surface area contributed by atoms with Crippen LogP contribution in [0.3, 0.4) is 0 Å². The minimum atomic E-state index is 0. The van der Waals surface area contributed by atoms with E-state index in [1.54, 1.807) is 0 Å². The van der Waals surface area contributed by atoms with E-state index < -0.39 is 0 Å². The molecule has 0 rings (SSSR count). The Labute approximate surface area is 135 Å². The molecule has 0 aliphatic heterocycles. The summed E-state index contributed by atoms with van der Waals surface area (Å²) >= 11 is 2.23. The third-order valence-corrected chi connectivity index (χ3v) is 0. The second-order valence-corrected chi connectivity index (χ2v) is 0. The van der Waals surface area contributed by atoms with E-state index in [4.69, 9.17) is 0 Å². The zero-order chi connectivity index (χ0) is 2.00. The number of hydrogen-bond acceptors (Lipinski definition) is 0. The molecule has 0 aliphatic carbocycles. The Morgan fingerprint density at radius 1 is 1.33 bits per heavy atom. The van der Waals surface area contributed by atoms with Gasteiger partial charge in [0.15, 0.2) is 0 Å². The summed E-state index contributed by atoms with van der Waals surface area (Å²) in [5, 5.41) is 0. The quantitative estimate of drug-likeness (QED) is 0.324. The monoisotopic (exact) mass is 307 g/mol. The fraction of sp³-hybridized carbons (Fsp3) is 0. The van der Waals surface area contributed by atoms with Gasteiger partial charge in [0.25, 0.3) is 0 Å². The maximum atomic E-state index is 2.35. The van der Waals surface area contributed by atoms with Crippen molar-refractivity contribution in [1.82, 2.24) is 0 Å². The fourth-order valence-electron chi connectivity index (χ4n) is 0.